The minimum Gasteiger partial charge on any atom is -0.378 e. The highest BCUT2D eigenvalue weighted by atomic mass is 16.1. The zero-order valence-corrected chi connectivity index (χ0v) is 9.89. The van der Waals surface area contributed by atoms with Gasteiger partial charge in [-0.25, -0.2) is 0 Å². The Hall–Kier alpha value is -2.13. The van der Waals surface area contributed by atoms with Gasteiger partial charge < -0.3 is 11.1 Å². The Balaban J connectivity index is 2.05. The Labute approximate surface area is 106 Å². The van der Waals surface area contributed by atoms with Gasteiger partial charge in [0, 0.05) is 5.69 Å². The first-order chi connectivity index (χ1) is 8.75. The van der Waals surface area contributed by atoms with Crippen molar-refractivity contribution in [3.05, 3.63) is 54.1 Å². The Morgan fingerprint density at radius 3 is 2.61 bits per heavy atom. The zero-order valence-electron chi connectivity index (χ0n) is 9.89. The molecule has 0 saturated carbocycles. The second-order valence-corrected chi connectivity index (χ2v) is 4.47. The fourth-order valence-corrected chi connectivity index (χ4v) is 2.26. The molecule has 0 amide bonds. The minimum absolute atomic E-state index is 0.0370. The summed E-state index contributed by atoms with van der Waals surface area (Å²) in [5, 5.41) is 3.12. The SMILES string of the molecule is NC1C(=O)CNc2cc(-c3ccccc3)ccc21. The summed E-state index contributed by atoms with van der Waals surface area (Å²) in [6, 6.07) is 15.7. The molecule has 2 aromatic carbocycles. The van der Waals surface area contributed by atoms with Gasteiger partial charge in [-0.3, -0.25) is 4.79 Å². The zero-order chi connectivity index (χ0) is 12.5. The highest BCUT2D eigenvalue weighted by Crippen LogP contribution is 2.31. The van der Waals surface area contributed by atoms with E-state index in [2.05, 4.69) is 23.5 Å². The minimum atomic E-state index is -0.494. The van der Waals surface area contributed by atoms with Gasteiger partial charge >= 0.3 is 0 Å². The first-order valence-corrected chi connectivity index (χ1v) is 5.97. The van der Waals surface area contributed by atoms with Gasteiger partial charge in [-0.15, -0.1) is 0 Å². The number of carbonyl (C=O) groups excluding carboxylic acids is 1. The maximum Gasteiger partial charge on any atom is 0.173 e. The summed E-state index contributed by atoms with van der Waals surface area (Å²) in [6.45, 7) is 0.312. The number of carbonyl (C=O) groups is 1. The Morgan fingerprint density at radius 2 is 1.83 bits per heavy atom. The quantitative estimate of drug-likeness (QED) is 0.801. The van der Waals surface area contributed by atoms with Crippen molar-refractivity contribution in [2.75, 3.05) is 11.9 Å². The molecule has 0 aliphatic carbocycles. The maximum absolute atomic E-state index is 11.5. The van der Waals surface area contributed by atoms with Crippen LogP contribution in [-0.2, 0) is 4.79 Å². The van der Waals surface area contributed by atoms with E-state index >= 15 is 0 Å². The van der Waals surface area contributed by atoms with Crippen LogP contribution in [0.4, 0.5) is 5.69 Å². The van der Waals surface area contributed by atoms with Crippen molar-refractivity contribution in [2.45, 2.75) is 6.04 Å². The van der Waals surface area contributed by atoms with Crippen LogP contribution in [0.3, 0.4) is 0 Å². The van der Waals surface area contributed by atoms with Gasteiger partial charge in [0.2, 0.25) is 0 Å². The molecule has 1 atom stereocenters. The highest BCUT2D eigenvalue weighted by Gasteiger charge is 2.23. The number of nitrogens with two attached hydrogens (primary N) is 1. The second-order valence-electron chi connectivity index (χ2n) is 4.47. The Morgan fingerprint density at radius 1 is 1.06 bits per heavy atom. The summed E-state index contributed by atoms with van der Waals surface area (Å²) in [7, 11) is 0. The van der Waals surface area contributed by atoms with E-state index in [-0.39, 0.29) is 5.78 Å². The van der Waals surface area contributed by atoms with Crippen molar-refractivity contribution in [1.29, 1.82) is 0 Å². The number of hydrogen-bond acceptors (Lipinski definition) is 3. The van der Waals surface area contributed by atoms with E-state index in [0.717, 1.165) is 22.4 Å². The van der Waals surface area contributed by atoms with Crippen LogP contribution < -0.4 is 11.1 Å². The summed E-state index contributed by atoms with van der Waals surface area (Å²) in [5.74, 6) is 0.0370. The lowest BCUT2D eigenvalue weighted by Crippen LogP contribution is -2.32. The maximum atomic E-state index is 11.5. The average molecular weight is 238 g/mol. The Kier molecular flexibility index (Phi) is 2.61. The van der Waals surface area contributed by atoms with E-state index in [1.54, 1.807) is 0 Å². The predicted molar refractivity (Wildman–Crippen MR) is 72.3 cm³/mol. The molecular weight excluding hydrogens is 224 g/mol. The molecule has 1 aliphatic rings. The van der Waals surface area contributed by atoms with Crippen molar-refractivity contribution in [1.82, 2.24) is 0 Å². The normalized spacial score (nSPS) is 18.1. The lowest BCUT2D eigenvalue weighted by Gasteiger charge is -2.23. The molecule has 3 N–H and O–H groups in total. The number of ketones is 1. The molecule has 0 spiro atoms. The largest absolute Gasteiger partial charge is 0.378 e. The topological polar surface area (TPSA) is 55.1 Å². The number of hydrogen-bond donors (Lipinski definition) is 2. The Bertz CT molecular complexity index is 593. The number of rotatable bonds is 1. The van der Waals surface area contributed by atoms with Crippen LogP contribution in [0.2, 0.25) is 0 Å². The van der Waals surface area contributed by atoms with Crippen LogP contribution in [0, 0.1) is 0 Å². The third kappa shape index (κ3) is 1.79. The highest BCUT2D eigenvalue weighted by molar-refractivity contribution is 5.94. The van der Waals surface area contributed by atoms with Gasteiger partial charge in [0.05, 0.1) is 12.6 Å². The van der Waals surface area contributed by atoms with Gasteiger partial charge in [-0.05, 0) is 22.8 Å². The van der Waals surface area contributed by atoms with E-state index < -0.39 is 6.04 Å². The number of Topliss-reactive ketones (excluding diaryl/α,β-unsaturated/α-hetero) is 1. The standard InChI is InChI=1S/C15H14N2O/c16-15-12-7-6-11(10-4-2-1-3-5-10)8-13(12)17-9-14(15)18/h1-8,15,17H,9,16H2. The lowest BCUT2D eigenvalue weighted by molar-refractivity contribution is -0.119. The number of benzene rings is 2. The molecule has 3 nitrogen and oxygen atoms in total. The summed E-state index contributed by atoms with van der Waals surface area (Å²) >= 11 is 0. The molecule has 18 heavy (non-hydrogen) atoms. The van der Waals surface area contributed by atoms with E-state index in [0.29, 0.717) is 6.54 Å². The lowest BCUT2D eigenvalue weighted by atomic mass is 9.94. The first kappa shape index (κ1) is 11.0. The monoisotopic (exact) mass is 238 g/mol. The van der Waals surface area contributed by atoms with E-state index in [4.69, 9.17) is 5.73 Å². The molecule has 90 valence electrons. The van der Waals surface area contributed by atoms with Crippen LogP contribution in [-0.4, -0.2) is 12.3 Å². The van der Waals surface area contributed by atoms with Crippen molar-refractivity contribution >= 4 is 11.5 Å². The van der Waals surface area contributed by atoms with Gasteiger partial charge in [-0.1, -0.05) is 42.5 Å². The molecule has 0 aromatic heterocycles. The van der Waals surface area contributed by atoms with E-state index in [1.165, 1.54) is 0 Å². The molecular formula is C15H14N2O. The molecule has 1 aliphatic heterocycles. The van der Waals surface area contributed by atoms with Crippen molar-refractivity contribution in [2.24, 2.45) is 5.73 Å². The van der Waals surface area contributed by atoms with Crippen LogP contribution in [0.25, 0.3) is 11.1 Å². The smallest absolute Gasteiger partial charge is 0.173 e. The summed E-state index contributed by atoms with van der Waals surface area (Å²) in [4.78, 5) is 11.5. The number of nitrogens with one attached hydrogen (secondary N) is 1. The fourth-order valence-electron chi connectivity index (χ4n) is 2.26. The summed E-state index contributed by atoms with van der Waals surface area (Å²) in [6.07, 6.45) is 0. The molecule has 0 saturated heterocycles. The third-order valence-corrected chi connectivity index (χ3v) is 3.30. The van der Waals surface area contributed by atoms with Crippen LogP contribution in [0.5, 0.6) is 0 Å². The number of fused-ring (bicyclic) bond motifs is 1. The molecule has 3 rings (SSSR count). The van der Waals surface area contributed by atoms with Gasteiger partial charge in [0.25, 0.3) is 0 Å². The first-order valence-electron chi connectivity index (χ1n) is 5.97. The van der Waals surface area contributed by atoms with Gasteiger partial charge in [0.1, 0.15) is 0 Å². The van der Waals surface area contributed by atoms with Crippen LogP contribution in [0.1, 0.15) is 11.6 Å². The van der Waals surface area contributed by atoms with E-state index in [1.807, 2.05) is 30.3 Å². The second kappa shape index (κ2) is 4.27. The van der Waals surface area contributed by atoms with Gasteiger partial charge in [-0.2, -0.15) is 0 Å². The van der Waals surface area contributed by atoms with Crippen LogP contribution in [0.15, 0.2) is 48.5 Å². The fraction of sp³-hybridized carbons (Fsp3) is 0.133. The number of anilines is 1. The summed E-state index contributed by atoms with van der Waals surface area (Å²) < 4.78 is 0. The molecule has 1 heterocycles. The van der Waals surface area contributed by atoms with Crippen molar-refractivity contribution < 1.29 is 4.79 Å². The van der Waals surface area contributed by atoms with Crippen molar-refractivity contribution in [3.8, 4) is 11.1 Å². The molecule has 0 radical (unpaired) electrons. The van der Waals surface area contributed by atoms with Crippen molar-refractivity contribution in [3.63, 3.8) is 0 Å². The average Bonchev–Trinajstić information content (AvgIpc) is 2.44. The van der Waals surface area contributed by atoms with E-state index in [9.17, 15) is 4.79 Å². The molecule has 3 heteroatoms. The molecule has 1 unspecified atom stereocenters. The predicted octanol–water partition coefficient (Wildman–Crippen LogP) is 2.35. The third-order valence-electron chi connectivity index (χ3n) is 3.30. The molecule has 0 fully saturated rings. The van der Waals surface area contributed by atoms with Gasteiger partial charge in [0.15, 0.2) is 5.78 Å². The van der Waals surface area contributed by atoms with Crippen LogP contribution >= 0.6 is 0 Å². The molecule has 0 bridgehead atoms. The summed E-state index contributed by atoms with van der Waals surface area (Å²) in [5.41, 5.74) is 10.0. The molecule has 2 aromatic rings.